The molecule has 3 aromatic heterocycles. The van der Waals surface area contributed by atoms with Gasteiger partial charge in [0.25, 0.3) is 0 Å². The maximum atomic E-state index is 11.1. The second-order valence-corrected chi connectivity index (χ2v) is 5.30. The second-order valence-electron chi connectivity index (χ2n) is 5.30. The van der Waals surface area contributed by atoms with E-state index in [4.69, 9.17) is 5.26 Å². The van der Waals surface area contributed by atoms with E-state index in [9.17, 15) is 4.79 Å². The van der Waals surface area contributed by atoms with E-state index in [1.807, 2.05) is 18.2 Å². The second kappa shape index (κ2) is 5.48. The fourth-order valence-electron chi connectivity index (χ4n) is 2.49. The van der Waals surface area contributed by atoms with Crippen molar-refractivity contribution in [2.75, 3.05) is 0 Å². The molecule has 0 saturated heterocycles. The molecular weight excluding hydrogens is 302 g/mol. The number of nitrogens with zero attached hydrogens (tertiary/aromatic N) is 3. The Hall–Kier alpha value is -3.72. The minimum atomic E-state index is -0.144. The summed E-state index contributed by atoms with van der Waals surface area (Å²) >= 11 is 0. The summed E-state index contributed by atoms with van der Waals surface area (Å²) in [5.41, 5.74) is 4.50. The average Bonchev–Trinajstić information content (AvgIpc) is 3.05. The molecule has 24 heavy (non-hydrogen) atoms. The van der Waals surface area contributed by atoms with Crippen LogP contribution in [0.2, 0.25) is 0 Å². The number of imidazole rings is 1. The highest BCUT2D eigenvalue weighted by atomic mass is 16.1. The van der Waals surface area contributed by atoms with Gasteiger partial charge in [-0.15, -0.1) is 0 Å². The Bertz CT molecular complexity index is 1110. The van der Waals surface area contributed by atoms with Crippen LogP contribution in [0.25, 0.3) is 33.7 Å². The largest absolute Gasteiger partial charge is 0.338 e. The van der Waals surface area contributed by atoms with Gasteiger partial charge in [0.1, 0.15) is 5.82 Å². The van der Waals surface area contributed by atoms with Crippen molar-refractivity contribution in [2.45, 2.75) is 0 Å². The van der Waals surface area contributed by atoms with Gasteiger partial charge in [-0.2, -0.15) is 5.26 Å². The van der Waals surface area contributed by atoms with Crippen LogP contribution in [0, 0.1) is 11.3 Å². The van der Waals surface area contributed by atoms with Gasteiger partial charge in [-0.05, 0) is 36.4 Å². The Kier molecular flexibility index (Phi) is 3.18. The van der Waals surface area contributed by atoms with Gasteiger partial charge in [0.05, 0.1) is 28.4 Å². The summed E-state index contributed by atoms with van der Waals surface area (Å²) in [5.74, 6) is 0.695. The zero-order chi connectivity index (χ0) is 16.5. The first-order chi connectivity index (χ1) is 11.7. The SMILES string of the molecule is N#Cc1ccc2nc(-c3ccc(-c4ccc(=O)[nH]c4)nc3)[nH]c2c1. The molecule has 4 aromatic rings. The molecular formula is C18H11N5O. The van der Waals surface area contributed by atoms with Crippen molar-refractivity contribution in [3.8, 4) is 28.7 Å². The first kappa shape index (κ1) is 13.9. The fraction of sp³-hybridized carbons (Fsp3) is 0. The highest BCUT2D eigenvalue weighted by molar-refractivity contribution is 5.80. The van der Waals surface area contributed by atoms with Crippen molar-refractivity contribution >= 4 is 11.0 Å². The van der Waals surface area contributed by atoms with Crippen molar-refractivity contribution in [1.29, 1.82) is 5.26 Å². The number of rotatable bonds is 2. The standard InChI is InChI=1S/C18H11N5O/c19-8-11-1-4-15-16(7-11)23-18(22-15)13-2-5-14(20-10-13)12-3-6-17(24)21-9-12/h1-7,9-10H,(H,21,24)(H,22,23). The molecule has 2 N–H and O–H groups in total. The molecule has 3 heterocycles. The van der Waals surface area contributed by atoms with E-state index in [1.165, 1.54) is 6.07 Å². The van der Waals surface area contributed by atoms with Gasteiger partial charge < -0.3 is 9.97 Å². The van der Waals surface area contributed by atoms with Gasteiger partial charge in [-0.3, -0.25) is 9.78 Å². The molecule has 1 aromatic carbocycles. The lowest BCUT2D eigenvalue weighted by Gasteiger charge is -2.01. The van der Waals surface area contributed by atoms with E-state index >= 15 is 0 Å². The molecule has 0 aliphatic rings. The maximum absolute atomic E-state index is 11.1. The number of nitrogens with one attached hydrogen (secondary N) is 2. The van der Waals surface area contributed by atoms with Crippen LogP contribution in [0.1, 0.15) is 5.56 Å². The quantitative estimate of drug-likeness (QED) is 0.594. The Morgan fingerprint density at radius 2 is 1.92 bits per heavy atom. The lowest BCUT2D eigenvalue weighted by atomic mass is 10.1. The molecule has 0 spiro atoms. The lowest BCUT2D eigenvalue weighted by molar-refractivity contribution is 1.22. The maximum Gasteiger partial charge on any atom is 0.247 e. The number of H-pyrrole nitrogens is 2. The molecule has 0 atom stereocenters. The first-order valence-corrected chi connectivity index (χ1v) is 7.28. The third kappa shape index (κ3) is 2.44. The highest BCUT2D eigenvalue weighted by Crippen LogP contribution is 2.23. The minimum Gasteiger partial charge on any atom is -0.338 e. The van der Waals surface area contributed by atoms with Crippen molar-refractivity contribution in [1.82, 2.24) is 19.9 Å². The van der Waals surface area contributed by atoms with Crippen molar-refractivity contribution in [2.24, 2.45) is 0 Å². The number of hydrogen-bond donors (Lipinski definition) is 2. The minimum absolute atomic E-state index is 0.144. The summed E-state index contributed by atoms with van der Waals surface area (Å²) in [5, 5.41) is 8.96. The van der Waals surface area contributed by atoms with Crippen LogP contribution in [0.15, 0.2) is 59.7 Å². The number of hydrogen-bond acceptors (Lipinski definition) is 4. The van der Waals surface area contributed by atoms with E-state index in [0.29, 0.717) is 11.4 Å². The summed E-state index contributed by atoms with van der Waals surface area (Å²) < 4.78 is 0. The molecule has 6 nitrogen and oxygen atoms in total. The van der Waals surface area contributed by atoms with Crippen molar-refractivity contribution in [3.05, 3.63) is 70.8 Å². The molecule has 4 rings (SSSR count). The Morgan fingerprint density at radius 3 is 2.62 bits per heavy atom. The Labute approximate surface area is 136 Å². The third-order valence-corrected chi connectivity index (χ3v) is 3.73. The van der Waals surface area contributed by atoms with Crippen LogP contribution in [-0.2, 0) is 0 Å². The molecule has 0 bridgehead atoms. The molecule has 0 amide bonds. The van der Waals surface area contributed by atoms with Crippen molar-refractivity contribution in [3.63, 3.8) is 0 Å². The van der Waals surface area contributed by atoms with Crippen LogP contribution >= 0.6 is 0 Å². The number of benzene rings is 1. The van der Waals surface area contributed by atoms with E-state index in [2.05, 4.69) is 26.0 Å². The smallest absolute Gasteiger partial charge is 0.247 e. The number of nitriles is 1. The van der Waals surface area contributed by atoms with Gasteiger partial charge in [0.2, 0.25) is 5.56 Å². The van der Waals surface area contributed by atoms with Crippen LogP contribution in [-0.4, -0.2) is 19.9 Å². The Morgan fingerprint density at radius 1 is 1.04 bits per heavy atom. The summed E-state index contributed by atoms with van der Waals surface area (Å²) in [4.78, 5) is 25.9. The number of aromatic amines is 2. The predicted octanol–water partition coefficient (Wildman–Crippen LogP) is 2.85. The molecule has 0 aliphatic carbocycles. The Balaban J connectivity index is 1.71. The molecule has 0 aliphatic heterocycles. The van der Waals surface area contributed by atoms with Crippen molar-refractivity contribution < 1.29 is 0 Å². The number of aromatic nitrogens is 4. The van der Waals surface area contributed by atoms with E-state index in [-0.39, 0.29) is 5.56 Å². The van der Waals surface area contributed by atoms with E-state index < -0.39 is 0 Å². The van der Waals surface area contributed by atoms with Gasteiger partial charge >= 0.3 is 0 Å². The molecule has 0 unspecified atom stereocenters. The van der Waals surface area contributed by atoms with Crippen LogP contribution in [0.4, 0.5) is 0 Å². The van der Waals surface area contributed by atoms with Crippen LogP contribution in [0.5, 0.6) is 0 Å². The molecule has 0 fully saturated rings. The summed E-state index contributed by atoms with van der Waals surface area (Å²) in [6.45, 7) is 0. The molecule has 6 heteroatoms. The fourth-order valence-corrected chi connectivity index (χ4v) is 2.49. The topological polar surface area (TPSA) is 98.2 Å². The monoisotopic (exact) mass is 313 g/mol. The van der Waals surface area contributed by atoms with Crippen LogP contribution in [0.3, 0.4) is 0 Å². The first-order valence-electron chi connectivity index (χ1n) is 7.28. The zero-order valence-corrected chi connectivity index (χ0v) is 12.4. The van der Waals surface area contributed by atoms with Gasteiger partial charge in [0.15, 0.2) is 0 Å². The summed E-state index contributed by atoms with van der Waals surface area (Å²) in [7, 11) is 0. The van der Waals surface area contributed by atoms with E-state index in [1.54, 1.807) is 30.6 Å². The number of pyridine rings is 2. The molecule has 0 radical (unpaired) electrons. The number of fused-ring (bicyclic) bond motifs is 1. The van der Waals surface area contributed by atoms with Crippen LogP contribution < -0.4 is 5.56 Å². The lowest BCUT2D eigenvalue weighted by Crippen LogP contribution is -2.01. The van der Waals surface area contributed by atoms with Gasteiger partial charge in [-0.25, -0.2) is 4.98 Å². The van der Waals surface area contributed by atoms with E-state index in [0.717, 1.165) is 27.9 Å². The zero-order valence-electron chi connectivity index (χ0n) is 12.4. The summed E-state index contributed by atoms with van der Waals surface area (Å²) in [6, 6.07) is 14.4. The highest BCUT2D eigenvalue weighted by Gasteiger charge is 2.07. The molecule has 114 valence electrons. The third-order valence-electron chi connectivity index (χ3n) is 3.73. The van der Waals surface area contributed by atoms with Gasteiger partial charge in [-0.1, -0.05) is 0 Å². The normalized spacial score (nSPS) is 10.6. The van der Waals surface area contributed by atoms with Gasteiger partial charge in [0, 0.05) is 29.6 Å². The molecule has 0 saturated carbocycles. The predicted molar refractivity (Wildman–Crippen MR) is 90.1 cm³/mol. The summed E-state index contributed by atoms with van der Waals surface area (Å²) in [6.07, 6.45) is 3.36. The average molecular weight is 313 g/mol.